The lowest BCUT2D eigenvalue weighted by atomic mass is 9.98. The van der Waals surface area contributed by atoms with E-state index in [0.717, 1.165) is 24.0 Å². The van der Waals surface area contributed by atoms with E-state index in [2.05, 4.69) is 31.1 Å². The smallest absolute Gasteiger partial charge is 0.324 e. The van der Waals surface area contributed by atoms with Crippen molar-refractivity contribution in [1.82, 2.24) is 20.4 Å². The Morgan fingerprint density at radius 1 is 1.07 bits per heavy atom. The van der Waals surface area contributed by atoms with Gasteiger partial charge in [0.05, 0.1) is 18.9 Å². The number of anilines is 2. The summed E-state index contributed by atoms with van der Waals surface area (Å²) in [7, 11) is 0. The van der Waals surface area contributed by atoms with E-state index >= 15 is 0 Å². The summed E-state index contributed by atoms with van der Waals surface area (Å²) in [4.78, 5) is 45.0. The van der Waals surface area contributed by atoms with E-state index in [9.17, 15) is 14.4 Å². The summed E-state index contributed by atoms with van der Waals surface area (Å²) in [5.74, 6) is 0.664. The van der Waals surface area contributed by atoms with Crippen molar-refractivity contribution in [2.75, 3.05) is 10.6 Å². The molecule has 1 saturated carbocycles. The Balaban J connectivity index is 1.31. The average Bonchev–Trinajstić information content (AvgIpc) is 3.61. The summed E-state index contributed by atoms with van der Waals surface area (Å²) in [6, 6.07) is 10.2. The van der Waals surface area contributed by atoms with Crippen LogP contribution >= 0.6 is 0 Å². The van der Waals surface area contributed by atoms with Crippen molar-refractivity contribution in [3.63, 3.8) is 0 Å². The average molecular weight is 549 g/mol. The number of carboxylic acids is 1. The highest BCUT2D eigenvalue weighted by Gasteiger charge is 2.23. The van der Waals surface area contributed by atoms with Gasteiger partial charge in [-0.15, -0.1) is 0 Å². The van der Waals surface area contributed by atoms with E-state index in [-0.39, 0.29) is 43.0 Å². The summed E-state index contributed by atoms with van der Waals surface area (Å²) in [6.45, 7) is 4.05. The minimum Gasteiger partial charge on any atom is -0.481 e. The zero-order valence-electron chi connectivity index (χ0n) is 22.9. The number of hydrogen-bond donors (Lipinski definition) is 4. The molecule has 1 atom stereocenters. The molecule has 0 radical (unpaired) electrons. The third kappa shape index (κ3) is 8.36. The standard InChI is InChI=1S/C29H36N6O5/c1-18(2)16-23(28-33-25(40-35-28)13-14-26(37)38)32-24(36)17-19-9-11-21(12-10-19)31-29(39)34-27-22(8-5-15-30-27)20-6-3-4-7-20/h5,8-12,15,18,20,23H,3-4,6-7,13-14,16-17H2,1-2H3,(H,32,36)(H,37,38)(H2,30,31,34,39). The van der Waals surface area contributed by atoms with Gasteiger partial charge in [-0.3, -0.25) is 14.9 Å². The number of carboxylic acid groups (broad SMARTS) is 1. The van der Waals surface area contributed by atoms with Crippen LogP contribution < -0.4 is 16.0 Å². The molecule has 4 N–H and O–H groups in total. The van der Waals surface area contributed by atoms with Crippen molar-refractivity contribution < 1.29 is 24.0 Å². The van der Waals surface area contributed by atoms with Crippen LogP contribution in [0.4, 0.5) is 16.3 Å². The van der Waals surface area contributed by atoms with Crippen LogP contribution in [0.1, 0.15) is 87.2 Å². The fraction of sp³-hybridized carbons (Fsp3) is 0.448. The maximum Gasteiger partial charge on any atom is 0.324 e. The number of urea groups is 1. The molecular weight excluding hydrogens is 512 g/mol. The molecule has 1 unspecified atom stereocenters. The maximum absolute atomic E-state index is 12.8. The maximum atomic E-state index is 12.8. The number of carbonyl (C=O) groups excluding carboxylic acids is 2. The van der Waals surface area contributed by atoms with Gasteiger partial charge in [0.15, 0.2) is 5.82 Å². The van der Waals surface area contributed by atoms with Crippen molar-refractivity contribution in [2.24, 2.45) is 5.92 Å². The number of nitrogens with one attached hydrogen (secondary N) is 3. The fourth-order valence-electron chi connectivity index (χ4n) is 4.92. The highest BCUT2D eigenvalue weighted by molar-refractivity contribution is 5.99. The molecule has 0 spiro atoms. The molecule has 0 aliphatic heterocycles. The third-order valence-electron chi connectivity index (χ3n) is 6.83. The molecule has 4 rings (SSSR count). The minimum absolute atomic E-state index is 0.111. The summed E-state index contributed by atoms with van der Waals surface area (Å²) >= 11 is 0. The van der Waals surface area contributed by atoms with Crippen molar-refractivity contribution in [2.45, 2.75) is 77.2 Å². The predicted octanol–water partition coefficient (Wildman–Crippen LogP) is 5.23. The number of rotatable bonds is 12. The van der Waals surface area contributed by atoms with Gasteiger partial charge in [0.1, 0.15) is 5.82 Å². The quantitative estimate of drug-likeness (QED) is 0.239. The minimum atomic E-state index is -0.949. The van der Waals surface area contributed by atoms with Crippen molar-refractivity contribution >= 4 is 29.4 Å². The van der Waals surface area contributed by atoms with E-state index in [1.807, 2.05) is 26.0 Å². The van der Waals surface area contributed by atoms with Gasteiger partial charge in [-0.05, 0) is 60.4 Å². The monoisotopic (exact) mass is 548 g/mol. The topological polar surface area (TPSA) is 159 Å². The number of aryl methyl sites for hydroxylation is 1. The zero-order chi connectivity index (χ0) is 28.5. The number of aromatic nitrogens is 3. The number of hydrogen-bond acceptors (Lipinski definition) is 7. The van der Waals surface area contributed by atoms with E-state index in [1.54, 1.807) is 30.5 Å². The van der Waals surface area contributed by atoms with Crippen molar-refractivity contribution in [3.05, 3.63) is 65.4 Å². The summed E-state index contributed by atoms with van der Waals surface area (Å²) in [5.41, 5.74) is 2.44. The Bertz CT molecular complexity index is 1300. The lowest BCUT2D eigenvalue weighted by molar-refractivity contribution is -0.137. The van der Waals surface area contributed by atoms with Gasteiger partial charge >= 0.3 is 12.0 Å². The van der Waals surface area contributed by atoms with Crippen molar-refractivity contribution in [3.8, 4) is 0 Å². The molecule has 3 amide bonds. The van der Waals surface area contributed by atoms with Crippen molar-refractivity contribution in [1.29, 1.82) is 0 Å². The third-order valence-corrected chi connectivity index (χ3v) is 6.83. The van der Waals surface area contributed by atoms with Crippen LogP contribution in [0.15, 0.2) is 47.1 Å². The fourth-order valence-corrected chi connectivity index (χ4v) is 4.92. The number of amides is 3. The first-order valence-electron chi connectivity index (χ1n) is 13.7. The summed E-state index contributed by atoms with van der Waals surface area (Å²) in [6.07, 6.45) is 7.03. The highest BCUT2D eigenvalue weighted by Crippen LogP contribution is 2.36. The van der Waals surface area contributed by atoms with E-state index in [0.29, 0.717) is 29.7 Å². The first-order valence-corrected chi connectivity index (χ1v) is 13.7. The van der Waals surface area contributed by atoms with Crippen LogP contribution in [0.2, 0.25) is 0 Å². The van der Waals surface area contributed by atoms with Crippen LogP contribution in [0, 0.1) is 5.92 Å². The molecule has 2 aromatic heterocycles. The van der Waals surface area contributed by atoms with Crippen LogP contribution in [0.25, 0.3) is 0 Å². The van der Waals surface area contributed by atoms with Gasteiger partial charge in [-0.25, -0.2) is 9.78 Å². The SMILES string of the molecule is CC(C)CC(NC(=O)Cc1ccc(NC(=O)Nc2ncccc2C2CCCC2)cc1)c1noc(CCC(=O)O)n1. The zero-order valence-corrected chi connectivity index (χ0v) is 22.9. The first-order chi connectivity index (χ1) is 19.3. The first kappa shape index (κ1) is 28.7. The Morgan fingerprint density at radius 3 is 2.52 bits per heavy atom. The molecule has 1 fully saturated rings. The normalized spacial score (nSPS) is 14.2. The van der Waals surface area contributed by atoms with Crippen LogP contribution in [-0.2, 0) is 22.4 Å². The van der Waals surface area contributed by atoms with Gasteiger partial charge in [0, 0.05) is 18.3 Å². The van der Waals surface area contributed by atoms with E-state index in [1.165, 1.54) is 12.8 Å². The molecule has 2 heterocycles. The molecule has 1 aromatic carbocycles. The summed E-state index contributed by atoms with van der Waals surface area (Å²) in [5, 5.41) is 21.5. The van der Waals surface area contributed by atoms with Gasteiger partial charge < -0.3 is 20.3 Å². The second kappa shape index (κ2) is 13.7. The number of carbonyl (C=O) groups is 3. The number of nitrogens with zero attached hydrogens (tertiary/aromatic N) is 3. The molecule has 3 aromatic rings. The molecule has 0 bridgehead atoms. The molecular formula is C29H36N6O5. The van der Waals surface area contributed by atoms with Gasteiger partial charge in [-0.1, -0.05) is 50.0 Å². The summed E-state index contributed by atoms with van der Waals surface area (Å²) < 4.78 is 5.17. The molecule has 0 saturated heterocycles. The second-order valence-electron chi connectivity index (χ2n) is 10.6. The lowest BCUT2D eigenvalue weighted by Gasteiger charge is -2.17. The van der Waals surface area contributed by atoms with Gasteiger partial charge in [0.2, 0.25) is 11.8 Å². The number of benzene rings is 1. The Morgan fingerprint density at radius 2 is 1.82 bits per heavy atom. The van der Waals surface area contributed by atoms with E-state index < -0.39 is 12.0 Å². The lowest BCUT2D eigenvalue weighted by Crippen LogP contribution is -2.31. The van der Waals surface area contributed by atoms with Crippen LogP contribution in [0.3, 0.4) is 0 Å². The largest absolute Gasteiger partial charge is 0.481 e. The number of aliphatic carboxylic acids is 1. The molecule has 1 aliphatic carbocycles. The molecule has 40 heavy (non-hydrogen) atoms. The molecule has 11 heteroatoms. The molecule has 11 nitrogen and oxygen atoms in total. The van der Waals surface area contributed by atoms with Gasteiger partial charge in [-0.2, -0.15) is 4.98 Å². The Hall–Kier alpha value is -4.28. The van der Waals surface area contributed by atoms with Gasteiger partial charge in [0.25, 0.3) is 0 Å². The molecule has 212 valence electrons. The predicted molar refractivity (Wildman–Crippen MR) is 149 cm³/mol. The van der Waals surface area contributed by atoms with Crippen LogP contribution in [-0.4, -0.2) is 38.1 Å². The van der Waals surface area contributed by atoms with Crippen LogP contribution in [0.5, 0.6) is 0 Å². The second-order valence-corrected chi connectivity index (χ2v) is 10.6. The highest BCUT2D eigenvalue weighted by atomic mass is 16.5. The van der Waals surface area contributed by atoms with E-state index in [4.69, 9.17) is 9.63 Å². The molecule has 1 aliphatic rings. The Kier molecular flexibility index (Phi) is 9.82. The number of pyridine rings is 1. The Labute approximate surface area is 233 Å².